The van der Waals surface area contributed by atoms with Crippen LogP contribution in [-0.4, -0.2) is 36.9 Å². The van der Waals surface area contributed by atoms with Gasteiger partial charge in [0, 0.05) is 18.5 Å². The van der Waals surface area contributed by atoms with E-state index in [9.17, 15) is 18.3 Å². The third-order valence-electron chi connectivity index (χ3n) is 5.63. The van der Waals surface area contributed by atoms with E-state index in [1.165, 1.54) is 4.31 Å². The fraction of sp³-hybridized carbons (Fsp3) is 0.389. The minimum Gasteiger partial charge on any atom is -0.481 e. The summed E-state index contributed by atoms with van der Waals surface area (Å²) in [5.74, 6) is -0.944. The van der Waals surface area contributed by atoms with Crippen LogP contribution in [0.1, 0.15) is 19.3 Å². The number of nitrogens with zero attached hydrogens (tertiary/aromatic N) is 1. The van der Waals surface area contributed by atoms with Gasteiger partial charge < -0.3 is 5.11 Å². The predicted molar refractivity (Wildman–Crippen MR) is 90.1 cm³/mol. The van der Waals surface area contributed by atoms with Crippen LogP contribution < -0.4 is 0 Å². The molecule has 6 heteroatoms. The van der Waals surface area contributed by atoms with Gasteiger partial charge in [0.25, 0.3) is 0 Å². The first-order chi connectivity index (χ1) is 11.4. The monoisotopic (exact) mass is 345 g/mol. The summed E-state index contributed by atoms with van der Waals surface area (Å²) < 4.78 is 27.7. The highest BCUT2D eigenvalue weighted by Crippen LogP contribution is 2.50. The summed E-state index contributed by atoms with van der Waals surface area (Å²) in [5, 5.41) is 11.2. The van der Waals surface area contributed by atoms with Gasteiger partial charge in [0.2, 0.25) is 10.0 Å². The number of aliphatic carboxylic acids is 1. The average molecular weight is 345 g/mol. The molecule has 4 rings (SSSR count). The number of carboxylic acid groups (broad SMARTS) is 1. The predicted octanol–water partition coefficient (Wildman–Crippen LogP) is 2.72. The molecule has 2 atom stereocenters. The molecule has 1 saturated heterocycles. The number of carboxylic acids is 1. The number of rotatable bonds is 3. The summed E-state index contributed by atoms with van der Waals surface area (Å²) in [6.45, 7) is 0.385. The Hall–Kier alpha value is -1.92. The molecule has 2 aromatic rings. The van der Waals surface area contributed by atoms with Crippen molar-refractivity contribution in [3.05, 3.63) is 42.5 Å². The van der Waals surface area contributed by atoms with Crippen molar-refractivity contribution in [1.29, 1.82) is 0 Å². The van der Waals surface area contributed by atoms with Crippen LogP contribution in [0.5, 0.6) is 0 Å². The lowest BCUT2D eigenvalue weighted by Gasteiger charge is -2.23. The second-order valence-electron chi connectivity index (χ2n) is 6.83. The van der Waals surface area contributed by atoms with E-state index in [0.717, 1.165) is 18.2 Å². The normalized spacial score (nSPS) is 27.4. The van der Waals surface area contributed by atoms with Crippen molar-refractivity contribution >= 4 is 26.8 Å². The second kappa shape index (κ2) is 5.29. The summed E-state index contributed by atoms with van der Waals surface area (Å²) in [6.07, 6.45) is 2.21. The standard InChI is InChI=1S/C18H19NO4S/c20-17(21)18-10-4-7-14(18)11-19(12-18)24(22,23)16-9-3-6-13-5-1-2-8-15(13)16/h1-3,5-6,8-9,14H,4,7,10-12H2,(H,20,21)/t14-,18+/m0/s1. The first-order valence-corrected chi connectivity index (χ1v) is 9.60. The van der Waals surface area contributed by atoms with Gasteiger partial charge in [-0.1, -0.05) is 42.8 Å². The quantitative estimate of drug-likeness (QED) is 0.928. The highest BCUT2D eigenvalue weighted by Gasteiger charge is 2.57. The molecule has 2 fully saturated rings. The van der Waals surface area contributed by atoms with Crippen LogP contribution in [0, 0.1) is 11.3 Å². The molecule has 0 aromatic heterocycles. The van der Waals surface area contributed by atoms with Gasteiger partial charge in [-0.05, 0) is 30.2 Å². The third-order valence-corrected chi connectivity index (χ3v) is 7.50. The van der Waals surface area contributed by atoms with Crippen molar-refractivity contribution < 1.29 is 18.3 Å². The SMILES string of the molecule is O=C(O)[C@@]12CCC[C@H]1CN(S(=O)(=O)c1cccc3ccccc13)C2. The maximum absolute atomic E-state index is 13.2. The maximum atomic E-state index is 13.2. The largest absolute Gasteiger partial charge is 0.481 e. The van der Waals surface area contributed by atoms with Gasteiger partial charge in [-0.25, -0.2) is 8.42 Å². The number of carbonyl (C=O) groups is 1. The van der Waals surface area contributed by atoms with Crippen molar-refractivity contribution in [3.63, 3.8) is 0 Å². The number of hydrogen-bond donors (Lipinski definition) is 1. The summed E-state index contributed by atoms with van der Waals surface area (Å²) in [7, 11) is -3.71. The number of hydrogen-bond acceptors (Lipinski definition) is 3. The fourth-order valence-corrected chi connectivity index (χ4v) is 6.10. The molecule has 0 bridgehead atoms. The lowest BCUT2D eigenvalue weighted by atomic mass is 9.81. The molecule has 2 aromatic carbocycles. The van der Waals surface area contributed by atoms with E-state index < -0.39 is 21.4 Å². The third kappa shape index (κ3) is 2.09. The van der Waals surface area contributed by atoms with Crippen molar-refractivity contribution in [2.24, 2.45) is 11.3 Å². The first kappa shape index (κ1) is 15.6. The first-order valence-electron chi connectivity index (χ1n) is 8.16. The Morgan fingerprint density at radius 1 is 1.17 bits per heavy atom. The van der Waals surface area contributed by atoms with Gasteiger partial charge in [-0.2, -0.15) is 4.31 Å². The van der Waals surface area contributed by atoms with E-state index in [1.54, 1.807) is 18.2 Å². The Labute approximate surface area is 140 Å². The van der Waals surface area contributed by atoms with Gasteiger partial charge >= 0.3 is 5.97 Å². The summed E-state index contributed by atoms with van der Waals surface area (Å²) in [6, 6.07) is 12.6. The van der Waals surface area contributed by atoms with Crippen LogP contribution in [0.25, 0.3) is 10.8 Å². The molecule has 1 saturated carbocycles. The van der Waals surface area contributed by atoms with Crippen molar-refractivity contribution in [3.8, 4) is 0 Å². The van der Waals surface area contributed by atoms with E-state index in [4.69, 9.17) is 0 Å². The molecule has 0 radical (unpaired) electrons. The Bertz CT molecular complexity index is 918. The van der Waals surface area contributed by atoms with E-state index in [-0.39, 0.29) is 17.4 Å². The molecular formula is C18H19NO4S. The summed E-state index contributed by atoms with van der Waals surface area (Å²) in [5.41, 5.74) is -0.905. The van der Waals surface area contributed by atoms with Gasteiger partial charge in [-0.15, -0.1) is 0 Å². The molecule has 1 aliphatic carbocycles. The highest BCUT2D eigenvalue weighted by molar-refractivity contribution is 7.89. The molecule has 2 aliphatic rings. The topological polar surface area (TPSA) is 74.7 Å². The van der Waals surface area contributed by atoms with Crippen molar-refractivity contribution in [1.82, 2.24) is 4.31 Å². The van der Waals surface area contributed by atoms with Crippen LogP contribution >= 0.6 is 0 Å². The molecule has 1 aliphatic heterocycles. The lowest BCUT2D eigenvalue weighted by molar-refractivity contribution is -0.149. The van der Waals surface area contributed by atoms with Crippen molar-refractivity contribution in [2.75, 3.05) is 13.1 Å². The molecule has 1 heterocycles. The van der Waals surface area contributed by atoms with Gasteiger partial charge in [0.05, 0.1) is 10.3 Å². The Morgan fingerprint density at radius 2 is 1.92 bits per heavy atom. The highest BCUT2D eigenvalue weighted by atomic mass is 32.2. The molecule has 0 spiro atoms. The molecule has 5 nitrogen and oxygen atoms in total. The zero-order valence-corrected chi connectivity index (χ0v) is 14.0. The van der Waals surface area contributed by atoms with Gasteiger partial charge in [0.15, 0.2) is 0 Å². The molecule has 24 heavy (non-hydrogen) atoms. The van der Waals surface area contributed by atoms with E-state index >= 15 is 0 Å². The van der Waals surface area contributed by atoms with E-state index in [2.05, 4.69) is 0 Å². The zero-order chi connectivity index (χ0) is 16.9. The minimum absolute atomic E-state index is 0.0819. The maximum Gasteiger partial charge on any atom is 0.311 e. The second-order valence-corrected chi connectivity index (χ2v) is 8.73. The fourth-order valence-electron chi connectivity index (χ4n) is 4.34. The Morgan fingerprint density at radius 3 is 2.67 bits per heavy atom. The van der Waals surface area contributed by atoms with Crippen LogP contribution in [-0.2, 0) is 14.8 Å². The molecule has 126 valence electrons. The molecule has 1 N–H and O–H groups in total. The van der Waals surface area contributed by atoms with Crippen LogP contribution in [0.3, 0.4) is 0 Å². The van der Waals surface area contributed by atoms with Gasteiger partial charge in [0.1, 0.15) is 0 Å². The zero-order valence-electron chi connectivity index (χ0n) is 13.2. The van der Waals surface area contributed by atoms with E-state index in [1.807, 2.05) is 24.3 Å². The lowest BCUT2D eigenvalue weighted by Crippen LogP contribution is -2.37. The number of fused-ring (bicyclic) bond motifs is 2. The molecular weight excluding hydrogens is 326 g/mol. The van der Waals surface area contributed by atoms with Crippen LogP contribution in [0.15, 0.2) is 47.4 Å². The van der Waals surface area contributed by atoms with E-state index in [0.29, 0.717) is 18.4 Å². The van der Waals surface area contributed by atoms with Crippen LogP contribution in [0.2, 0.25) is 0 Å². The van der Waals surface area contributed by atoms with Crippen LogP contribution in [0.4, 0.5) is 0 Å². The summed E-state index contributed by atoms with van der Waals surface area (Å²) >= 11 is 0. The minimum atomic E-state index is -3.71. The molecule has 0 amide bonds. The smallest absolute Gasteiger partial charge is 0.311 e. The Balaban J connectivity index is 1.78. The average Bonchev–Trinajstić information content (AvgIpc) is 3.13. The summed E-state index contributed by atoms with van der Waals surface area (Å²) in [4.78, 5) is 12.1. The molecule has 0 unspecified atom stereocenters. The Kier molecular flexibility index (Phi) is 3.44. The van der Waals surface area contributed by atoms with Crippen molar-refractivity contribution in [2.45, 2.75) is 24.2 Å². The number of sulfonamides is 1. The number of benzene rings is 2. The van der Waals surface area contributed by atoms with Gasteiger partial charge in [-0.3, -0.25) is 4.79 Å².